The zero-order valence-corrected chi connectivity index (χ0v) is 21.2. The van der Waals surface area contributed by atoms with Crippen LogP contribution in [0.3, 0.4) is 0 Å². The van der Waals surface area contributed by atoms with Gasteiger partial charge in [0.25, 0.3) is 5.91 Å². The molecule has 7 nitrogen and oxygen atoms in total. The van der Waals surface area contributed by atoms with E-state index in [9.17, 15) is 18.8 Å². The minimum Gasteiger partial charge on any atom is -0.399 e. The van der Waals surface area contributed by atoms with Crippen molar-refractivity contribution in [3.8, 4) is 6.07 Å². The Morgan fingerprint density at radius 3 is 2.31 bits per heavy atom. The molecule has 0 aliphatic carbocycles. The molecule has 2 atom stereocenters. The molecule has 1 amide bonds. The van der Waals surface area contributed by atoms with E-state index >= 15 is 0 Å². The first-order valence-corrected chi connectivity index (χ1v) is 11.8. The largest absolute Gasteiger partial charge is 0.494 e. The highest BCUT2D eigenvalue weighted by molar-refractivity contribution is 6.62. The van der Waals surface area contributed by atoms with Crippen molar-refractivity contribution in [1.82, 2.24) is 15.1 Å². The van der Waals surface area contributed by atoms with Crippen LogP contribution in [0.15, 0.2) is 48.7 Å². The molecule has 1 saturated heterocycles. The molecule has 1 aliphatic heterocycles. The monoisotopic (exact) mass is 494 g/mol. The molecule has 1 aromatic heterocycles. The minimum atomic E-state index is -3.52. The molecule has 0 radical (unpaired) electrons. The summed E-state index contributed by atoms with van der Waals surface area (Å²) < 4.78 is 41.3. The number of fused-ring (bicyclic) bond motifs is 1. The molecule has 1 N–H and O–H groups in total. The number of hydrogen-bond acceptors (Lipinski definition) is 5. The van der Waals surface area contributed by atoms with E-state index in [4.69, 9.17) is 9.31 Å². The van der Waals surface area contributed by atoms with Crippen LogP contribution in [0.2, 0.25) is 0 Å². The van der Waals surface area contributed by atoms with Crippen LogP contribution in [-0.2, 0) is 14.1 Å². The number of halogens is 2. The average Bonchev–Trinajstić information content (AvgIpc) is 3.30. The fourth-order valence-electron chi connectivity index (χ4n) is 4.23. The van der Waals surface area contributed by atoms with Crippen LogP contribution in [0.25, 0.3) is 10.9 Å². The number of alkyl halides is 2. The lowest BCUT2D eigenvalue weighted by molar-refractivity contribution is -0.143. The van der Waals surface area contributed by atoms with Gasteiger partial charge in [0, 0.05) is 12.3 Å². The highest BCUT2D eigenvalue weighted by Crippen LogP contribution is 2.36. The second kappa shape index (κ2) is 8.98. The molecule has 0 spiro atoms. The Labute approximate surface area is 209 Å². The predicted molar refractivity (Wildman–Crippen MR) is 133 cm³/mol. The van der Waals surface area contributed by atoms with E-state index in [-0.39, 0.29) is 0 Å². The SMILES string of the molecule is C[C@H](NC(=O)C(C)(F)F)[C@@H](c1ccc(B2OC(C)(C)C(C)(C)O2)cc1)n1ncc2cc(C#N)ccc21. The lowest BCUT2D eigenvalue weighted by Crippen LogP contribution is -2.46. The van der Waals surface area contributed by atoms with Crippen molar-refractivity contribution in [2.24, 2.45) is 0 Å². The number of carbonyl (C=O) groups is 1. The molecule has 1 fully saturated rings. The lowest BCUT2D eigenvalue weighted by atomic mass is 9.78. The maximum absolute atomic E-state index is 13.7. The molecule has 1 aliphatic rings. The summed E-state index contributed by atoms with van der Waals surface area (Å²) in [6.07, 6.45) is 1.62. The third-order valence-electron chi connectivity index (χ3n) is 7.02. The van der Waals surface area contributed by atoms with Gasteiger partial charge >= 0.3 is 13.0 Å². The van der Waals surface area contributed by atoms with Gasteiger partial charge in [-0.25, -0.2) is 0 Å². The van der Waals surface area contributed by atoms with Crippen molar-refractivity contribution in [2.75, 3.05) is 0 Å². The Morgan fingerprint density at radius 1 is 1.14 bits per heavy atom. The van der Waals surface area contributed by atoms with Gasteiger partial charge in [-0.05, 0) is 63.8 Å². The molecule has 2 heterocycles. The first kappa shape index (κ1) is 25.8. The third-order valence-corrected chi connectivity index (χ3v) is 7.02. The number of carbonyl (C=O) groups excluding carboxylic acids is 1. The zero-order valence-electron chi connectivity index (χ0n) is 21.2. The van der Waals surface area contributed by atoms with Crippen LogP contribution in [0.5, 0.6) is 0 Å². The number of nitrogens with zero attached hydrogens (tertiary/aromatic N) is 3. The molecule has 188 valence electrons. The van der Waals surface area contributed by atoms with Crippen LogP contribution in [0.1, 0.15) is 58.7 Å². The first-order chi connectivity index (χ1) is 16.7. The number of rotatable bonds is 6. The van der Waals surface area contributed by atoms with Crippen molar-refractivity contribution in [2.45, 2.75) is 70.8 Å². The van der Waals surface area contributed by atoms with Gasteiger partial charge in [0.1, 0.15) is 0 Å². The van der Waals surface area contributed by atoms with E-state index < -0.39 is 42.2 Å². The summed E-state index contributed by atoms with van der Waals surface area (Å²) in [6.45, 7) is 10.1. The summed E-state index contributed by atoms with van der Waals surface area (Å²) in [4.78, 5) is 12.1. The quantitative estimate of drug-likeness (QED) is 0.525. The van der Waals surface area contributed by atoms with Crippen molar-refractivity contribution in [1.29, 1.82) is 5.26 Å². The van der Waals surface area contributed by atoms with E-state index in [0.717, 1.165) is 16.4 Å². The molecular weight excluding hydrogens is 465 g/mol. The van der Waals surface area contributed by atoms with Crippen LogP contribution in [0, 0.1) is 11.3 Å². The van der Waals surface area contributed by atoms with Crippen molar-refractivity contribution >= 4 is 29.4 Å². The zero-order chi connectivity index (χ0) is 26.5. The maximum atomic E-state index is 13.7. The van der Waals surface area contributed by atoms with E-state index in [1.54, 1.807) is 36.0 Å². The van der Waals surface area contributed by atoms with Gasteiger partial charge in [0.15, 0.2) is 0 Å². The van der Waals surface area contributed by atoms with Gasteiger partial charge in [-0.15, -0.1) is 0 Å². The molecule has 2 aromatic carbocycles. The van der Waals surface area contributed by atoms with Gasteiger partial charge in [-0.1, -0.05) is 24.3 Å². The van der Waals surface area contributed by atoms with Gasteiger partial charge in [0.2, 0.25) is 0 Å². The number of nitriles is 1. The fraction of sp³-hybridized carbons (Fsp3) is 0.423. The van der Waals surface area contributed by atoms with Crippen LogP contribution in [-0.4, -0.2) is 46.0 Å². The molecule has 0 saturated carbocycles. The summed E-state index contributed by atoms with van der Waals surface area (Å²) in [5, 5.41) is 16.9. The van der Waals surface area contributed by atoms with E-state index in [2.05, 4.69) is 16.5 Å². The Hall–Kier alpha value is -3.29. The van der Waals surface area contributed by atoms with Gasteiger partial charge in [-0.3, -0.25) is 9.48 Å². The van der Waals surface area contributed by atoms with Crippen LogP contribution in [0.4, 0.5) is 8.78 Å². The van der Waals surface area contributed by atoms with Crippen LogP contribution >= 0.6 is 0 Å². The molecule has 10 heteroatoms. The van der Waals surface area contributed by atoms with E-state index in [1.807, 2.05) is 52.0 Å². The minimum absolute atomic E-state index is 0.484. The maximum Gasteiger partial charge on any atom is 0.494 e. The topological polar surface area (TPSA) is 89.2 Å². The molecule has 0 unspecified atom stereocenters. The van der Waals surface area contributed by atoms with Gasteiger partial charge in [0.05, 0.1) is 46.6 Å². The molecule has 3 aromatic rings. The lowest BCUT2D eigenvalue weighted by Gasteiger charge is -2.32. The molecule has 4 rings (SSSR count). The van der Waals surface area contributed by atoms with Crippen molar-refractivity contribution < 1.29 is 22.9 Å². The molecular formula is C26H29BF2N4O3. The highest BCUT2D eigenvalue weighted by atomic mass is 19.3. The van der Waals surface area contributed by atoms with Crippen molar-refractivity contribution in [3.63, 3.8) is 0 Å². The summed E-state index contributed by atoms with van der Waals surface area (Å²) in [6, 6.07) is 13.3. The third kappa shape index (κ3) is 4.73. The second-order valence-corrected chi connectivity index (χ2v) is 10.3. The van der Waals surface area contributed by atoms with E-state index in [0.29, 0.717) is 18.0 Å². The number of hydrogen-bond donors (Lipinski definition) is 1. The van der Waals surface area contributed by atoms with Crippen LogP contribution < -0.4 is 10.8 Å². The number of benzene rings is 2. The average molecular weight is 494 g/mol. The van der Waals surface area contributed by atoms with Gasteiger partial charge in [-0.2, -0.15) is 19.1 Å². The molecule has 36 heavy (non-hydrogen) atoms. The summed E-state index contributed by atoms with van der Waals surface area (Å²) in [5.41, 5.74) is 1.78. The highest BCUT2D eigenvalue weighted by Gasteiger charge is 2.51. The molecule has 0 bridgehead atoms. The summed E-state index contributed by atoms with van der Waals surface area (Å²) in [5.74, 6) is -4.88. The standard InChI is InChI=1S/C26H29BF2N4O3/c1-16(32-23(34)26(6,28)29)22(33-21-12-7-17(14-30)13-19(21)15-31-33)18-8-10-20(11-9-18)27-35-24(2,3)25(4,5)36-27/h7-13,15-16,22H,1-6H3,(H,32,34)/t16-,22-/m0/s1. The second-order valence-electron chi connectivity index (χ2n) is 10.3. The Bertz CT molecular complexity index is 1310. The fourth-order valence-corrected chi connectivity index (χ4v) is 4.23. The number of nitrogens with one attached hydrogen (secondary N) is 1. The summed E-state index contributed by atoms with van der Waals surface area (Å²) in [7, 11) is -0.548. The predicted octanol–water partition coefficient (Wildman–Crippen LogP) is 3.96. The Kier molecular flexibility index (Phi) is 6.44. The van der Waals surface area contributed by atoms with Gasteiger partial charge < -0.3 is 14.6 Å². The van der Waals surface area contributed by atoms with E-state index in [1.165, 1.54) is 0 Å². The van der Waals surface area contributed by atoms with Crippen molar-refractivity contribution in [3.05, 3.63) is 59.8 Å². The first-order valence-electron chi connectivity index (χ1n) is 11.8. The number of aromatic nitrogens is 2. The Morgan fingerprint density at radius 2 is 1.75 bits per heavy atom. The Balaban J connectivity index is 1.72. The number of amides is 1. The normalized spacial score (nSPS) is 18.6. The summed E-state index contributed by atoms with van der Waals surface area (Å²) >= 11 is 0. The smallest absolute Gasteiger partial charge is 0.399 e.